The summed E-state index contributed by atoms with van der Waals surface area (Å²) in [6.45, 7) is 19.1. The van der Waals surface area contributed by atoms with Crippen LogP contribution < -0.4 is 15.7 Å². The van der Waals surface area contributed by atoms with E-state index in [4.69, 9.17) is 9.97 Å². The topological polar surface area (TPSA) is 87.2 Å². The van der Waals surface area contributed by atoms with Gasteiger partial charge in [-0.25, -0.2) is 9.97 Å². The first-order valence-electron chi connectivity index (χ1n) is 14.7. The lowest BCUT2D eigenvalue weighted by Gasteiger charge is -2.22. The molecule has 0 aliphatic carbocycles. The van der Waals surface area contributed by atoms with Crippen molar-refractivity contribution in [1.82, 2.24) is 19.6 Å². The van der Waals surface area contributed by atoms with Crippen LogP contribution in [0.2, 0.25) is 0 Å². The molecule has 0 aromatic carbocycles. The minimum atomic E-state index is -0.391. The van der Waals surface area contributed by atoms with Gasteiger partial charge in [-0.3, -0.25) is 4.79 Å². The van der Waals surface area contributed by atoms with Crippen LogP contribution in [0.4, 0.5) is 5.13 Å². The second kappa shape index (κ2) is 13.5. The highest BCUT2D eigenvalue weighted by molar-refractivity contribution is 7.16. The van der Waals surface area contributed by atoms with Crippen LogP contribution in [0.15, 0.2) is 4.79 Å². The number of aromatic nitrogens is 4. The van der Waals surface area contributed by atoms with Crippen LogP contribution in [0.25, 0.3) is 11.7 Å². The minimum absolute atomic E-state index is 0.126. The monoisotopic (exact) mass is 550 g/mol. The fourth-order valence-electron chi connectivity index (χ4n) is 4.88. The van der Waals surface area contributed by atoms with Crippen molar-refractivity contribution >= 4 is 28.2 Å². The number of nitrogens with zero attached hydrogens (tertiary/aromatic N) is 6. The van der Waals surface area contributed by atoms with Crippen molar-refractivity contribution in [2.75, 3.05) is 18.0 Å². The summed E-state index contributed by atoms with van der Waals surface area (Å²) in [5.41, 5.74) is 1.77. The summed E-state index contributed by atoms with van der Waals surface area (Å²) >= 11 is 1.69. The first-order chi connectivity index (χ1) is 18.6. The highest BCUT2D eigenvalue weighted by Gasteiger charge is 2.26. The Morgan fingerprint density at radius 2 is 1.69 bits per heavy atom. The number of thiazole rings is 1. The van der Waals surface area contributed by atoms with Crippen LogP contribution in [0.3, 0.4) is 0 Å². The number of hydrogen-bond donors (Lipinski definition) is 0. The van der Waals surface area contributed by atoms with E-state index in [0.29, 0.717) is 17.0 Å². The molecule has 3 aromatic rings. The van der Waals surface area contributed by atoms with E-state index in [0.717, 1.165) is 85.4 Å². The normalized spacial score (nSPS) is 13.3. The second-order valence-corrected chi connectivity index (χ2v) is 12.6. The van der Waals surface area contributed by atoms with Gasteiger partial charge in [0.1, 0.15) is 11.6 Å². The van der Waals surface area contributed by atoms with Crippen molar-refractivity contribution in [3.63, 3.8) is 0 Å². The van der Waals surface area contributed by atoms with Crippen molar-refractivity contribution in [2.24, 2.45) is 0 Å². The molecule has 0 spiro atoms. The average Bonchev–Trinajstić information content (AvgIpc) is 3.53. The van der Waals surface area contributed by atoms with Gasteiger partial charge in [-0.15, -0.1) is 5.10 Å². The van der Waals surface area contributed by atoms with E-state index >= 15 is 0 Å². The second-order valence-electron chi connectivity index (χ2n) is 11.6. The minimum Gasteiger partial charge on any atom is -0.348 e. The van der Waals surface area contributed by atoms with Gasteiger partial charge in [0.15, 0.2) is 16.6 Å². The van der Waals surface area contributed by atoms with E-state index in [2.05, 4.69) is 70.6 Å². The molecule has 0 aliphatic heterocycles. The molecule has 0 saturated heterocycles. The molecule has 3 aromatic heterocycles. The first kappa shape index (κ1) is 30.7. The number of fused-ring (bicyclic) bond motifs is 1. The van der Waals surface area contributed by atoms with E-state index in [1.165, 1.54) is 4.52 Å². The molecule has 3 heterocycles. The number of nitriles is 1. The van der Waals surface area contributed by atoms with Gasteiger partial charge < -0.3 is 4.90 Å². The summed E-state index contributed by atoms with van der Waals surface area (Å²) in [7, 11) is 0. The summed E-state index contributed by atoms with van der Waals surface area (Å²) in [5, 5.41) is 16.4. The van der Waals surface area contributed by atoms with Crippen molar-refractivity contribution < 1.29 is 0 Å². The third-order valence-corrected chi connectivity index (χ3v) is 8.45. The third-order valence-electron chi connectivity index (χ3n) is 7.39. The molecule has 0 saturated carbocycles. The Morgan fingerprint density at radius 1 is 1.05 bits per heavy atom. The van der Waals surface area contributed by atoms with Gasteiger partial charge in [0, 0.05) is 29.6 Å². The number of hydrogen-bond acceptors (Lipinski definition) is 7. The molecule has 0 fully saturated rings. The number of rotatable bonds is 13. The Labute approximate surface area is 238 Å². The van der Waals surface area contributed by atoms with Gasteiger partial charge in [-0.1, -0.05) is 85.5 Å². The molecule has 8 heteroatoms. The third kappa shape index (κ3) is 6.87. The Hall–Kier alpha value is -2.79. The van der Waals surface area contributed by atoms with Crippen molar-refractivity contribution in [1.29, 1.82) is 5.26 Å². The van der Waals surface area contributed by atoms with Gasteiger partial charge in [0.25, 0.3) is 5.56 Å². The van der Waals surface area contributed by atoms with Crippen LogP contribution in [0.1, 0.15) is 133 Å². The molecule has 3 rings (SSSR count). The van der Waals surface area contributed by atoms with Gasteiger partial charge in [0.05, 0.1) is 10.6 Å². The van der Waals surface area contributed by atoms with Crippen LogP contribution in [-0.4, -0.2) is 32.7 Å². The van der Waals surface area contributed by atoms with Crippen molar-refractivity contribution in [3.8, 4) is 6.07 Å². The van der Waals surface area contributed by atoms with E-state index in [-0.39, 0.29) is 16.9 Å². The average molecular weight is 551 g/mol. The molecular weight excluding hydrogens is 504 g/mol. The summed E-state index contributed by atoms with van der Waals surface area (Å²) in [6.07, 6.45) is 10.7. The van der Waals surface area contributed by atoms with Gasteiger partial charge >= 0.3 is 0 Å². The summed E-state index contributed by atoms with van der Waals surface area (Å²) < 4.78 is 1.36. The van der Waals surface area contributed by atoms with Gasteiger partial charge in [-0.05, 0) is 44.2 Å². The fraction of sp³-hybridized carbons (Fsp3) is 0.645. The van der Waals surface area contributed by atoms with E-state index in [1.54, 1.807) is 11.3 Å². The number of unbranched alkanes of at least 4 members (excludes halogenated alkanes) is 3. The Morgan fingerprint density at radius 3 is 2.23 bits per heavy atom. The molecule has 0 N–H and O–H groups in total. The lowest BCUT2D eigenvalue weighted by atomic mass is 9.91. The Kier molecular flexibility index (Phi) is 10.7. The maximum atomic E-state index is 13.3. The molecule has 7 nitrogen and oxygen atoms in total. The van der Waals surface area contributed by atoms with Gasteiger partial charge in [-0.2, -0.15) is 9.78 Å². The quantitative estimate of drug-likeness (QED) is 0.236. The summed E-state index contributed by atoms with van der Waals surface area (Å²) in [5.74, 6) is 0.882. The van der Waals surface area contributed by atoms with Crippen LogP contribution in [-0.2, 0) is 5.41 Å². The van der Waals surface area contributed by atoms with E-state index < -0.39 is 5.56 Å². The predicted molar refractivity (Wildman–Crippen MR) is 163 cm³/mol. The summed E-state index contributed by atoms with van der Waals surface area (Å²) in [6, 6.07) is 2.14. The maximum Gasteiger partial charge on any atom is 0.291 e. The largest absolute Gasteiger partial charge is 0.348 e. The zero-order chi connectivity index (χ0) is 28.7. The molecule has 39 heavy (non-hydrogen) atoms. The predicted octanol–water partition coefficient (Wildman–Crippen LogP) is 6.66. The zero-order valence-corrected chi connectivity index (χ0v) is 26.0. The molecule has 0 radical (unpaired) electrons. The SMILES string of the molecule is CCCCC(CC)c1nc2/c(=C/c3sc(N(CCCC)CCCC)nc3C(C)(C)C)c(C)c(C#N)c(=O)n2n1. The number of anilines is 1. The molecule has 0 amide bonds. The first-order valence-corrected chi connectivity index (χ1v) is 15.5. The lowest BCUT2D eigenvalue weighted by Crippen LogP contribution is -2.27. The van der Waals surface area contributed by atoms with Crippen molar-refractivity contribution in [3.05, 3.63) is 43.1 Å². The van der Waals surface area contributed by atoms with E-state index in [1.807, 2.05) is 6.92 Å². The fourth-order valence-corrected chi connectivity index (χ4v) is 6.15. The van der Waals surface area contributed by atoms with Crippen LogP contribution in [0, 0.1) is 18.3 Å². The molecular formula is C31H46N6OS. The standard InChI is InChI=1S/C31H46N6OS/c1-9-13-16-22(12-4)27-34-28-23(21(5)24(20-32)29(38)37(28)35-27)19-25-26(31(6,7)8)33-30(39-25)36(17-14-10-2)18-15-11-3/h19,22H,9-18H2,1-8H3/b23-19+. The van der Waals surface area contributed by atoms with Crippen LogP contribution in [0.5, 0.6) is 0 Å². The highest BCUT2D eigenvalue weighted by atomic mass is 32.1. The molecule has 1 unspecified atom stereocenters. The number of pyridine rings is 1. The van der Waals surface area contributed by atoms with E-state index in [9.17, 15) is 10.1 Å². The molecule has 212 valence electrons. The maximum absolute atomic E-state index is 13.3. The summed E-state index contributed by atoms with van der Waals surface area (Å²) in [4.78, 5) is 26.8. The van der Waals surface area contributed by atoms with Crippen molar-refractivity contribution in [2.45, 2.75) is 118 Å². The zero-order valence-electron chi connectivity index (χ0n) is 25.2. The highest BCUT2D eigenvalue weighted by Crippen LogP contribution is 2.35. The Bertz CT molecular complexity index is 1400. The Balaban J connectivity index is 2.29. The van der Waals surface area contributed by atoms with Crippen LogP contribution >= 0.6 is 11.3 Å². The molecule has 0 bridgehead atoms. The lowest BCUT2D eigenvalue weighted by molar-refractivity contribution is 0.542. The van der Waals surface area contributed by atoms with Gasteiger partial charge in [0.2, 0.25) is 0 Å². The smallest absolute Gasteiger partial charge is 0.291 e. The molecule has 0 aliphatic rings. The molecule has 1 atom stereocenters.